The van der Waals surface area contributed by atoms with Crippen LogP contribution < -0.4 is 5.32 Å². The average Bonchev–Trinajstić information content (AvgIpc) is 2.40. The molecule has 110 valence electrons. The first-order valence-corrected chi connectivity index (χ1v) is 6.32. The van der Waals surface area contributed by atoms with Gasteiger partial charge >= 0.3 is 5.97 Å². The normalized spacial score (nSPS) is 10.3. The molecule has 0 unspecified atom stereocenters. The minimum atomic E-state index is -1.30. The van der Waals surface area contributed by atoms with Crippen LogP contribution in [0.3, 0.4) is 0 Å². The molecule has 0 aromatic carbocycles. The van der Waals surface area contributed by atoms with Gasteiger partial charge in [-0.15, -0.1) is 0 Å². The van der Waals surface area contributed by atoms with Crippen molar-refractivity contribution in [3.05, 3.63) is 29.6 Å². The van der Waals surface area contributed by atoms with Gasteiger partial charge in [0.25, 0.3) is 5.91 Å². The van der Waals surface area contributed by atoms with E-state index < -0.39 is 23.6 Å². The zero-order valence-corrected chi connectivity index (χ0v) is 10.9. The SMILES string of the molecule is O=C(O)CCCCCCNC(=O)c1ccnc(F)c1F. The highest BCUT2D eigenvalue weighted by atomic mass is 19.2. The smallest absolute Gasteiger partial charge is 0.303 e. The molecule has 0 saturated heterocycles. The molecule has 0 fully saturated rings. The number of hydrogen-bond acceptors (Lipinski definition) is 3. The maximum atomic E-state index is 13.2. The number of aliphatic carboxylic acids is 1. The van der Waals surface area contributed by atoms with Crippen molar-refractivity contribution in [1.82, 2.24) is 10.3 Å². The summed E-state index contributed by atoms with van der Waals surface area (Å²) in [5.41, 5.74) is -0.372. The minimum Gasteiger partial charge on any atom is -0.481 e. The quantitative estimate of drug-likeness (QED) is 0.566. The van der Waals surface area contributed by atoms with Gasteiger partial charge in [-0.2, -0.15) is 4.39 Å². The topological polar surface area (TPSA) is 79.3 Å². The lowest BCUT2D eigenvalue weighted by atomic mass is 10.1. The van der Waals surface area contributed by atoms with Crippen molar-refractivity contribution in [2.75, 3.05) is 6.54 Å². The Labute approximate surface area is 115 Å². The summed E-state index contributed by atoms with van der Waals surface area (Å²) >= 11 is 0. The maximum Gasteiger partial charge on any atom is 0.303 e. The average molecular weight is 286 g/mol. The van der Waals surface area contributed by atoms with Crippen molar-refractivity contribution >= 4 is 11.9 Å². The van der Waals surface area contributed by atoms with E-state index >= 15 is 0 Å². The number of carbonyl (C=O) groups excluding carboxylic acids is 1. The fourth-order valence-electron chi connectivity index (χ4n) is 1.65. The third-order valence-electron chi connectivity index (χ3n) is 2.69. The van der Waals surface area contributed by atoms with Crippen molar-refractivity contribution in [1.29, 1.82) is 0 Å². The van der Waals surface area contributed by atoms with Crippen LogP contribution >= 0.6 is 0 Å². The second kappa shape index (κ2) is 8.19. The fraction of sp³-hybridized carbons (Fsp3) is 0.462. The number of nitrogens with zero attached hydrogens (tertiary/aromatic N) is 1. The number of halogens is 2. The summed E-state index contributed by atoms with van der Waals surface area (Å²) in [6, 6.07) is 1.11. The molecular formula is C13H16F2N2O3. The van der Waals surface area contributed by atoms with E-state index in [1.807, 2.05) is 0 Å². The van der Waals surface area contributed by atoms with Gasteiger partial charge in [-0.1, -0.05) is 12.8 Å². The molecule has 0 aliphatic heterocycles. The Hall–Kier alpha value is -2.05. The number of carboxylic acid groups (broad SMARTS) is 1. The van der Waals surface area contributed by atoms with E-state index in [9.17, 15) is 18.4 Å². The second-order valence-corrected chi connectivity index (χ2v) is 4.28. The zero-order chi connectivity index (χ0) is 15.0. The molecule has 7 heteroatoms. The Morgan fingerprint density at radius 1 is 1.20 bits per heavy atom. The number of pyridine rings is 1. The molecule has 0 atom stereocenters. The molecule has 0 radical (unpaired) electrons. The van der Waals surface area contributed by atoms with E-state index in [4.69, 9.17) is 5.11 Å². The summed E-state index contributed by atoms with van der Waals surface area (Å²) in [5.74, 6) is -4.07. The summed E-state index contributed by atoms with van der Waals surface area (Å²) in [5, 5.41) is 10.9. The molecular weight excluding hydrogens is 270 g/mol. The Kier molecular flexibility index (Phi) is 6.55. The van der Waals surface area contributed by atoms with Crippen molar-refractivity contribution in [2.45, 2.75) is 32.1 Å². The lowest BCUT2D eigenvalue weighted by Gasteiger charge is -2.06. The minimum absolute atomic E-state index is 0.133. The molecule has 0 aliphatic rings. The molecule has 0 bridgehead atoms. The van der Waals surface area contributed by atoms with E-state index in [1.165, 1.54) is 0 Å². The van der Waals surface area contributed by atoms with Crippen LogP contribution in [0.5, 0.6) is 0 Å². The zero-order valence-electron chi connectivity index (χ0n) is 10.9. The summed E-state index contributed by atoms with van der Waals surface area (Å²) in [7, 11) is 0. The Balaban J connectivity index is 2.24. The molecule has 1 rings (SSSR count). The summed E-state index contributed by atoms with van der Waals surface area (Å²) in [6.45, 7) is 0.329. The first-order chi connectivity index (χ1) is 9.52. The van der Waals surface area contributed by atoms with Crippen molar-refractivity contribution in [2.24, 2.45) is 0 Å². The third-order valence-corrected chi connectivity index (χ3v) is 2.69. The Bertz CT molecular complexity index is 481. The lowest BCUT2D eigenvalue weighted by Crippen LogP contribution is -2.25. The molecule has 20 heavy (non-hydrogen) atoms. The highest BCUT2D eigenvalue weighted by molar-refractivity contribution is 5.94. The molecule has 1 aromatic rings. The highest BCUT2D eigenvalue weighted by Gasteiger charge is 2.15. The first-order valence-electron chi connectivity index (χ1n) is 6.32. The van der Waals surface area contributed by atoms with Gasteiger partial charge in [0.2, 0.25) is 5.95 Å². The van der Waals surface area contributed by atoms with Gasteiger partial charge in [0.15, 0.2) is 5.82 Å². The van der Waals surface area contributed by atoms with Gasteiger partial charge in [0.1, 0.15) is 0 Å². The summed E-state index contributed by atoms with van der Waals surface area (Å²) in [4.78, 5) is 24.9. The van der Waals surface area contributed by atoms with Gasteiger partial charge in [-0.05, 0) is 18.9 Å². The van der Waals surface area contributed by atoms with E-state index in [1.54, 1.807) is 0 Å². The largest absolute Gasteiger partial charge is 0.481 e. The van der Waals surface area contributed by atoms with Crippen LogP contribution in [0.15, 0.2) is 12.3 Å². The van der Waals surface area contributed by atoms with E-state index in [0.717, 1.165) is 25.1 Å². The monoisotopic (exact) mass is 286 g/mol. The summed E-state index contributed by atoms with van der Waals surface area (Å²) < 4.78 is 26.1. The van der Waals surface area contributed by atoms with Crippen LogP contribution in [0.1, 0.15) is 42.5 Å². The predicted octanol–water partition coefficient (Wildman–Crippen LogP) is 2.12. The van der Waals surface area contributed by atoms with Crippen LogP contribution in [-0.2, 0) is 4.79 Å². The van der Waals surface area contributed by atoms with E-state index in [0.29, 0.717) is 19.4 Å². The maximum absolute atomic E-state index is 13.2. The predicted molar refractivity (Wildman–Crippen MR) is 67.2 cm³/mol. The van der Waals surface area contributed by atoms with Crippen LogP contribution in [0.2, 0.25) is 0 Å². The van der Waals surface area contributed by atoms with Crippen molar-refractivity contribution in [3.63, 3.8) is 0 Å². The molecule has 1 aromatic heterocycles. The van der Waals surface area contributed by atoms with Crippen LogP contribution in [0.25, 0.3) is 0 Å². The van der Waals surface area contributed by atoms with Crippen LogP contribution in [0.4, 0.5) is 8.78 Å². The number of hydrogen-bond donors (Lipinski definition) is 2. The molecule has 1 heterocycles. The van der Waals surface area contributed by atoms with Gasteiger partial charge in [-0.25, -0.2) is 9.37 Å². The number of unbranched alkanes of at least 4 members (excludes halogenated alkanes) is 3. The molecule has 0 aliphatic carbocycles. The first kappa shape index (κ1) is 16.0. The van der Waals surface area contributed by atoms with Crippen molar-refractivity contribution in [3.8, 4) is 0 Å². The molecule has 5 nitrogen and oxygen atoms in total. The number of amides is 1. The molecule has 2 N–H and O–H groups in total. The third kappa shape index (κ3) is 5.29. The fourth-order valence-corrected chi connectivity index (χ4v) is 1.65. The number of carboxylic acids is 1. The van der Waals surface area contributed by atoms with E-state index in [2.05, 4.69) is 10.3 Å². The molecule has 0 saturated carbocycles. The Morgan fingerprint density at radius 3 is 2.60 bits per heavy atom. The number of nitrogens with one attached hydrogen (secondary N) is 1. The van der Waals surface area contributed by atoms with Crippen LogP contribution in [-0.4, -0.2) is 28.5 Å². The van der Waals surface area contributed by atoms with Gasteiger partial charge < -0.3 is 10.4 Å². The van der Waals surface area contributed by atoms with Gasteiger partial charge in [-0.3, -0.25) is 9.59 Å². The number of carbonyl (C=O) groups is 2. The molecule has 0 spiro atoms. The standard InChI is InChI=1S/C13H16F2N2O3/c14-11-9(6-8-16-12(11)15)13(20)17-7-4-2-1-3-5-10(18)19/h6,8H,1-5,7H2,(H,17,20)(H,18,19). The molecule has 1 amide bonds. The van der Waals surface area contributed by atoms with Crippen LogP contribution in [0, 0.1) is 11.8 Å². The highest BCUT2D eigenvalue weighted by Crippen LogP contribution is 2.08. The van der Waals surface area contributed by atoms with Gasteiger partial charge in [0.05, 0.1) is 5.56 Å². The number of aromatic nitrogens is 1. The van der Waals surface area contributed by atoms with E-state index in [-0.39, 0.29) is 12.0 Å². The van der Waals surface area contributed by atoms with Gasteiger partial charge in [0, 0.05) is 19.2 Å². The summed E-state index contributed by atoms with van der Waals surface area (Å²) in [6.07, 6.45) is 3.92. The second-order valence-electron chi connectivity index (χ2n) is 4.28. The lowest BCUT2D eigenvalue weighted by molar-refractivity contribution is -0.137. The number of rotatable bonds is 8. The Morgan fingerprint density at radius 2 is 1.90 bits per heavy atom. The van der Waals surface area contributed by atoms with Crippen molar-refractivity contribution < 1.29 is 23.5 Å².